The van der Waals surface area contributed by atoms with Gasteiger partial charge in [-0.2, -0.15) is 5.26 Å². The topological polar surface area (TPSA) is 53.2 Å². The number of aliphatic hydroxyl groups excluding tert-OH is 1. The van der Waals surface area contributed by atoms with Crippen molar-refractivity contribution in [3.8, 4) is 11.8 Å². The molecule has 0 aromatic heterocycles. The van der Waals surface area contributed by atoms with Crippen molar-refractivity contribution in [3.05, 3.63) is 28.2 Å². The third-order valence-corrected chi connectivity index (χ3v) is 3.23. The molecule has 0 fully saturated rings. The molecule has 2 unspecified atom stereocenters. The van der Waals surface area contributed by atoms with Crippen LogP contribution in [0.2, 0.25) is 0 Å². The van der Waals surface area contributed by atoms with Crippen molar-refractivity contribution in [1.29, 1.82) is 5.26 Å². The molecule has 2 atom stereocenters. The van der Waals surface area contributed by atoms with Crippen LogP contribution in [0.4, 0.5) is 0 Å². The summed E-state index contributed by atoms with van der Waals surface area (Å²) in [7, 11) is 1.57. The molecular formula is C12H14BrNO2. The number of ether oxygens (including phenoxy) is 1. The molecule has 4 heteroatoms. The Morgan fingerprint density at radius 3 is 2.75 bits per heavy atom. The number of halogens is 1. The molecule has 1 aromatic rings. The van der Waals surface area contributed by atoms with Gasteiger partial charge >= 0.3 is 0 Å². The molecule has 3 nitrogen and oxygen atoms in total. The van der Waals surface area contributed by atoms with Crippen molar-refractivity contribution in [2.45, 2.75) is 19.4 Å². The molecular weight excluding hydrogens is 270 g/mol. The summed E-state index contributed by atoms with van der Waals surface area (Å²) in [5.41, 5.74) is 0.688. The molecule has 0 saturated heterocycles. The fourth-order valence-electron chi connectivity index (χ4n) is 1.48. The summed E-state index contributed by atoms with van der Waals surface area (Å²) in [5.74, 6) is 0.272. The molecule has 0 spiro atoms. The summed E-state index contributed by atoms with van der Waals surface area (Å²) < 4.78 is 5.88. The first-order chi connectivity index (χ1) is 7.63. The number of hydrogen-bond acceptors (Lipinski definition) is 3. The number of nitriles is 1. The lowest BCUT2D eigenvalue weighted by molar-refractivity contribution is 0.132. The maximum atomic E-state index is 10.1. The van der Waals surface area contributed by atoms with Gasteiger partial charge in [0, 0.05) is 4.47 Å². The smallest absolute Gasteiger partial charge is 0.119 e. The summed E-state index contributed by atoms with van der Waals surface area (Å²) in [6, 6.07) is 7.45. The van der Waals surface area contributed by atoms with Crippen molar-refractivity contribution >= 4 is 15.9 Å². The Kier molecular flexibility index (Phi) is 4.78. The second-order valence-electron chi connectivity index (χ2n) is 3.48. The SMILES string of the molecule is CCC(C#N)C(O)c1cc(OC)ccc1Br. The fraction of sp³-hybridized carbons (Fsp3) is 0.417. The summed E-state index contributed by atoms with van der Waals surface area (Å²) in [6.07, 6.45) is -0.180. The lowest BCUT2D eigenvalue weighted by Crippen LogP contribution is -2.10. The Balaban J connectivity index is 3.07. The highest BCUT2D eigenvalue weighted by Gasteiger charge is 2.21. The molecule has 0 saturated carbocycles. The highest BCUT2D eigenvalue weighted by Crippen LogP contribution is 2.32. The number of methoxy groups -OCH3 is 1. The summed E-state index contributed by atoms with van der Waals surface area (Å²) in [5, 5.41) is 19.0. The second-order valence-corrected chi connectivity index (χ2v) is 4.33. The van der Waals surface area contributed by atoms with Crippen LogP contribution in [0.5, 0.6) is 5.75 Å². The van der Waals surface area contributed by atoms with Crippen LogP contribution in [0.15, 0.2) is 22.7 Å². The molecule has 0 bridgehead atoms. The van der Waals surface area contributed by atoms with E-state index in [-0.39, 0.29) is 0 Å². The highest BCUT2D eigenvalue weighted by atomic mass is 79.9. The second kappa shape index (κ2) is 5.88. The lowest BCUT2D eigenvalue weighted by Gasteiger charge is -2.17. The molecule has 0 aliphatic heterocycles. The van der Waals surface area contributed by atoms with Crippen LogP contribution in [0.25, 0.3) is 0 Å². The van der Waals surface area contributed by atoms with E-state index in [4.69, 9.17) is 10.00 Å². The number of hydrogen-bond donors (Lipinski definition) is 1. The Bertz CT molecular complexity index is 400. The molecule has 0 amide bonds. The summed E-state index contributed by atoms with van der Waals surface area (Å²) in [6.45, 7) is 1.88. The third-order valence-electron chi connectivity index (χ3n) is 2.51. The van der Waals surface area contributed by atoms with Crippen molar-refractivity contribution in [1.82, 2.24) is 0 Å². The van der Waals surface area contributed by atoms with Crippen LogP contribution in [0, 0.1) is 17.2 Å². The van der Waals surface area contributed by atoms with Crippen LogP contribution in [-0.2, 0) is 0 Å². The molecule has 86 valence electrons. The van der Waals surface area contributed by atoms with Gasteiger partial charge in [-0.25, -0.2) is 0 Å². The van der Waals surface area contributed by atoms with Crippen LogP contribution in [0.3, 0.4) is 0 Å². The zero-order valence-electron chi connectivity index (χ0n) is 9.27. The first-order valence-electron chi connectivity index (χ1n) is 5.05. The number of nitrogens with zero attached hydrogens (tertiary/aromatic N) is 1. The molecule has 0 aliphatic carbocycles. The minimum atomic E-state index is -0.792. The van der Waals surface area contributed by atoms with Gasteiger partial charge in [0.2, 0.25) is 0 Å². The van der Waals surface area contributed by atoms with Crippen molar-refractivity contribution in [2.75, 3.05) is 7.11 Å². The Morgan fingerprint density at radius 2 is 2.25 bits per heavy atom. The Labute approximate surface area is 104 Å². The maximum Gasteiger partial charge on any atom is 0.119 e. The molecule has 0 aliphatic rings. The van der Waals surface area contributed by atoms with E-state index < -0.39 is 12.0 Å². The first-order valence-corrected chi connectivity index (χ1v) is 5.84. The van der Waals surface area contributed by atoms with E-state index in [1.54, 1.807) is 19.2 Å². The summed E-state index contributed by atoms with van der Waals surface area (Å²) in [4.78, 5) is 0. The van der Waals surface area contributed by atoms with Crippen LogP contribution >= 0.6 is 15.9 Å². The van der Waals surface area contributed by atoms with Crippen LogP contribution in [0.1, 0.15) is 25.0 Å². The van der Waals surface area contributed by atoms with E-state index in [9.17, 15) is 5.11 Å². The van der Waals surface area contributed by atoms with Gasteiger partial charge in [0.1, 0.15) is 5.75 Å². The molecule has 1 aromatic carbocycles. The zero-order valence-corrected chi connectivity index (χ0v) is 10.9. The average Bonchev–Trinajstić information content (AvgIpc) is 2.31. The minimum absolute atomic E-state index is 0.400. The van der Waals surface area contributed by atoms with Gasteiger partial charge in [0.15, 0.2) is 0 Å². The maximum absolute atomic E-state index is 10.1. The monoisotopic (exact) mass is 283 g/mol. The summed E-state index contributed by atoms with van der Waals surface area (Å²) >= 11 is 3.36. The van der Waals surface area contributed by atoms with E-state index in [0.717, 1.165) is 4.47 Å². The van der Waals surface area contributed by atoms with Gasteiger partial charge in [-0.1, -0.05) is 22.9 Å². The molecule has 1 rings (SSSR count). The van der Waals surface area contributed by atoms with E-state index in [0.29, 0.717) is 17.7 Å². The Morgan fingerprint density at radius 1 is 1.56 bits per heavy atom. The van der Waals surface area contributed by atoms with Gasteiger partial charge in [0.05, 0.1) is 25.2 Å². The Hall–Kier alpha value is -1.05. The number of benzene rings is 1. The van der Waals surface area contributed by atoms with Gasteiger partial charge in [-0.05, 0) is 30.2 Å². The first kappa shape index (κ1) is 13.0. The van der Waals surface area contributed by atoms with E-state index in [1.807, 2.05) is 13.0 Å². The molecule has 0 heterocycles. The van der Waals surface area contributed by atoms with Gasteiger partial charge < -0.3 is 9.84 Å². The normalized spacial score (nSPS) is 13.9. The van der Waals surface area contributed by atoms with E-state index in [1.165, 1.54) is 0 Å². The predicted octanol–water partition coefficient (Wildman–Crippen LogP) is 3.04. The van der Waals surface area contributed by atoms with Crippen molar-refractivity contribution in [3.63, 3.8) is 0 Å². The van der Waals surface area contributed by atoms with Crippen LogP contribution in [-0.4, -0.2) is 12.2 Å². The lowest BCUT2D eigenvalue weighted by atomic mass is 9.95. The largest absolute Gasteiger partial charge is 0.497 e. The van der Waals surface area contributed by atoms with E-state index in [2.05, 4.69) is 22.0 Å². The average molecular weight is 284 g/mol. The number of aliphatic hydroxyl groups is 1. The fourth-order valence-corrected chi connectivity index (χ4v) is 1.96. The van der Waals surface area contributed by atoms with Crippen molar-refractivity contribution < 1.29 is 9.84 Å². The molecule has 16 heavy (non-hydrogen) atoms. The van der Waals surface area contributed by atoms with Crippen LogP contribution < -0.4 is 4.74 Å². The predicted molar refractivity (Wildman–Crippen MR) is 65.0 cm³/mol. The third kappa shape index (κ3) is 2.75. The molecule has 0 radical (unpaired) electrons. The minimum Gasteiger partial charge on any atom is -0.497 e. The van der Waals surface area contributed by atoms with E-state index >= 15 is 0 Å². The van der Waals surface area contributed by atoms with Gasteiger partial charge in [-0.3, -0.25) is 0 Å². The zero-order chi connectivity index (χ0) is 12.1. The van der Waals surface area contributed by atoms with Crippen molar-refractivity contribution in [2.24, 2.45) is 5.92 Å². The van der Waals surface area contributed by atoms with Gasteiger partial charge in [0.25, 0.3) is 0 Å². The quantitative estimate of drug-likeness (QED) is 0.924. The standard InChI is InChI=1S/C12H14BrNO2/c1-3-8(7-14)12(15)10-6-9(16-2)4-5-11(10)13/h4-6,8,12,15H,3H2,1-2H3. The highest BCUT2D eigenvalue weighted by molar-refractivity contribution is 9.10. The van der Waals surface area contributed by atoms with Gasteiger partial charge in [-0.15, -0.1) is 0 Å². The molecule has 1 N–H and O–H groups in total. The number of rotatable bonds is 4.